The fourth-order valence-corrected chi connectivity index (χ4v) is 0.632. The quantitative estimate of drug-likeness (QED) is 0.482. The predicted molar refractivity (Wildman–Crippen MR) is 30.5 cm³/mol. The summed E-state index contributed by atoms with van der Waals surface area (Å²) in [5.41, 5.74) is 0. The van der Waals surface area contributed by atoms with E-state index in [0.717, 1.165) is 13.0 Å². The molecule has 0 radical (unpaired) electrons. The van der Waals surface area contributed by atoms with Crippen LogP contribution in [0.3, 0.4) is 0 Å². The van der Waals surface area contributed by atoms with Gasteiger partial charge in [0.1, 0.15) is 6.04 Å². The number of nitrogens with one attached hydrogen (secondary N) is 1. The van der Waals surface area contributed by atoms with Crippen LogP contribution in [0.4, 0.5) is 0 Å². The van der Waals surface area contributed by atoms with E-state index in [4.69, 9.17) is 0 Å². The number of carbonyl (C=O) groups excluding carboxylic acids is 1. The van der Waals surface area contributed by atoms with Crippen LogP contribution in [0.2, 0.25) is 0 Å². The molecule has 0 aromatic heterocycles. The zero-order valence-electron chi connectivity index (χ0n) is 4.81. The number of methoxy groups -OCH3 is 1. The Morgan fingerprint density at radius 1 is 2.00 bits per heavy atom. The van der Waals surface area contributed by atoms with Gasteiger partial charge in [0.15, 0.2) is 0 Å². The maximum Gasteiger partial charge on any atom is 0.322 e. The van der Waals surface area contributed by atoms with Crippen LogP contribution < -0.4 is 5.32 Å². The molecule has 0 amide bonds. The molecule has 3 heteroatoms. The van der Waals surface area contributed by atoms with E-state index in [1.165, 1.54) is 7.11 Å². The molecule has 48 valence electrons. The monoisotopic (exact) mass is 117 g/mol. The molecule has 0 bridgehead atoms. The first-order valence-corrected chi connectivity index (χ1v) is 2.66. The number of hydrogen-bond donors (Lipinski definition) is 1. The van der Waals surface area contributed by atoms with E-state index in [1.54, 1.807) is 0 Å². The van der Waals surface area contributed by atoms with Crippen molar-refractivity contribution in [3.8, 4) is 0 Å². The average molecular weight is 117 g/mol. The van der Waals surface area contributed by atoms with E-state index in [2.05, 4.69) is 10.1 Å². The molecule has 1 atom stereocenters. The van der Waals surface area contributed by atoms with Crippen molar-refractivity contribution in [3.63, 3.8) is 0 Å². The Kier molecular flexibility index (Phi) is 1.48. The molecule has 3 nitrogen and oxygen atoms in total. The molecule has 0 aliphatic carbocycles. The molecule has 0 aromatic rings. The van der Waals surface area contributed by atoms with Gasteiger partial charge in [0, 0.05) is 1.43 Å². The lowest BCUT2D eigenvalue weighted by atomic mass is 10.1. The first-order chi connectivity index (χ1) is 3.84. The summed E-state index contributed by atoms with van der Waals surface area (Å²) < 4.78 is 4.45. The maximum atomic E-state index is 10.5. The molecule has 0 aromatic carbocycles. The lowest BCUT2D eigenvalue weighted by molar-refractivity contribution is -0.144. The lowest BCUT2D eigenvalue weighted by Crippen LogP contribution is -2.48. The molecule has 8 heavy (non-hydrogen) atoms. The molecular weight excluding hydrogens is 106 g/mol. The highest BCUT2D eigenvalue weighted by Crippen LogP contribution is 2.01. The van der Waals surface area contributed by atoms with E-state index in [9.17, 15) is 4.79 Å². The number of carbonyl (C=O) groups is 1. The Balaban J connectivity index is 0.000000640. The van der Waals surface area contributed by atoms with Gasteiger partial charge in [-0.3, -0.25) is 4.79 Å². The summed E-state index contributed by atoms with van der Waals surface area (Å²) in [5, 5.41) is 2.92. The number of hydrogen-bond acceptors (Lipinski definition) is 3. The molecule has 0 spiro atoms. The van der Waals surface area contributed by atoms with Crippen molar-refractivity contribution in [2.45, 2.75) is 12.5 Å². The predicted octanol–water partition coefficient (Wildman–Crippen LogP) is -0.233. The minimum absolute atomic E-state index is 0. The highest BCUT2D eigenvalue weighted by Gasteiger charge is 2.24. The van der Waals surface area contributed by atoms with Crippen LogP contribution in [-0.4, -0.2) is 25.7 Å². The Hall–Kier alpha value is -0.570. The second-order valence-corrected chi connectivity index (χ2v) is 1.82. The van der Waals surface area contributed by atoms with E-state index in [-0.39, 0.29) is 13.4 Å². The summed E-state index contributed by atoms with van der Waals surface area (Å²) in [5.74, 6) is -0.142. The van der Waals surface area contributed by atoms with Crippen LogP contribution in [-0.2, 0) is 9.53 Å². The van der Waals surface area contributed by atoms with E-state index >= 15 is 0 Å². The van der Waals surface area contributed by atoms with Crippen molar-refractivity contribution in [1.29, 1.82) is 0 Å². The van der Waals surface area contributed by atoms with E-state index in [0.29, 0.717) is 0 Å². The van der Waals surface area contributed by atoms with Gasteiger partial charge in [-0.25, -0.2) is 0 Å². The molecule has 1 heterocycles. The molecule has 0 saturated carbocycles. The van der Waals surface area contributed by atoms with E-state index < -0.39 is 0 Å². The Morgan fingerprint density at radius 2 is 2.62 bits per heavy atom. The minimum Gasteiger partial charge on any atom is -0.468 e. The smallest absolute Gasteiger partial charge is 0.322 e. The lowest BCUT2D eigenvalue weighted by Gasteiger charge is -2.24. The fourth-order valence-electron chi connectivity index (χ4n) is 0.632. The van der Waals surface area contributed by atoms with Gasteiger partial charge in [-0.05, 0) is 13.0 Å². The average Bonchev–Trinajstić information content (AvgIpc) is 1.62. The summed E-state index contributed by atoms with van der Waals surface area (Å²) in [7, 11) is 1.41. The van der Waals surface area contributed by atoms with Crippen molar-refractivity contribution in [2.24, 2.45) is 0 Å². The van der Waals surface area contributed by atoms with Gasteiger partial charge in [-0.15, -0.1) is 0 Å². The second-order valence-electron chi connectivity index (χ2n) is 1.82. The van der Waals surface area contributed by atoms with Gasteiger partial charge in [0.25, 0.3) is 0 Å². The molecule has 1 unspecified atom stereocenters. The maximum absolute atomic E-state index is 10.5. The largest absolute Gasteiger partial charge is 0.468 e. The first kappa shape index (κ1) is 5.56. The zero-order chi connectivity index (χ0) is 5.98. The standard InChI is InChI=1S/C5H9NO2.H2/c1-8-5(7)4-2-3-6-4;/h4,6H,2-3H2,1H3;1H. The normalized spacial score (nSPS) is 26.4. The van der Waals surface area contributed by atoms with Crippen LogP contribution in [0.15, 0.2) is 0 Å². The molecule has 1 fully saturated rings. The van der Waals surface area contributed by atoms with Crippen LogP contribution in [0, 0.1) is 0 Å². The third-order valence-electron chi connectivity index (χ3n) is 1.31. The molecule has 1 N–H and O–H groups in total. The third kappa shape index (κ3) is 0.816. The number of ether oxygens (including phenoxy) is 1. The summed E-state index contributed by atoms with van der Waals surface area (Å²) in [6, 6.07) is -0.0139. The molecule has 1 aliphatic heterocycles. The number of rotatable bonds is 1. The molecule has 1 rings (SSSR count). The van der Waals surface area contributed by atoms with Crippen molar-refractivity contribution in [2.75, 3.05) is 13.7 Å². The van der Waals surface area contributed by atoms with Crippen molar-refractivity contribution >= 4 is 5.97 Å². The zero-order valence-corrected chi connectivity index (χ0v) is 4.81. The van der Waals surface area contributed by atoms with Crippen LogP contribution in [0.25, 0.3) is 0 Å². The van der Waals surface area contributed by atoms with Gasteiger partial charge in [0.05, 0.1) is 7.11 Å². The van der Waals surface area contributed by atoms with Gasteiger partial charge in [0.2, 0.25) is 0 Å². The van der Waals surface area contributed by atoms with Crippen LogP contribution in [0.1, 0.15) is 7.85 Å². The van der Waals surface area contributed by atoms with E-state index in [1.807, 2.05) is 0 Å². The topological polar surface area (TPSA) is 38.3 Å². The second kappa shape index (κ2) is 2.13. The summed E-state index contributed by atoms with van der Waals surface area (Å²) in [6.45, 7) is 0.944. The Labute approximate surface area is 49.5 Å². The third-order valence-corrected chi connectivity index (χ3v) is 1.31. The molecule has 1 saturated heterocycles. The fraction of sp³-hybridized carbons (Fsp3) is 0.800. The Morgan fingerprint density at radius 3 is 2.75 bits per heavy atom. The molecular formula is C5H11NO2. The van der Waals surface area contributed by atoms with Crippen LogP contribution >= 0.6 is 0 Å². The number of esters is 1. The molecule has 1 aliphatic rings. The Bertz CT molecular complexity index is 103. The van der Waals surface area contributed by atoms with Crippen molar-refractivity contribution < 1.29 is 11.0 Å². The summed E-state index contributed by atoms with van der Waals surface area (Å²) >= 11 is 0. The highest BCUT2D eigenvalue weighted by atomic mass is 16.5. The SMILES string of the molecule is COC(=O)C1CCN1.[HH]. The van der Waals surface area contributed by atoms with Gasteiger partial charge < -0.3 is 10.1 Å². The minimum atomic E-state index is -0.142. The van der Waals surface area contributed by atoms with Crippen molar-refractivity contribution in [1.82, 2.24) is 5.32 Å². The van der Waals surface area contributed by atoms with Crippen LogP contribution in [0.5, 0.6) is 0 Å². The summed E-state index contributed by atoms with van der Waals surface area (Å²) in [6.07, 6.45) is 0.923. The first-order valence-electron chi connectivity index (χ1n) is 2.66. The van der Waals surface area contributed by atoms with Gasteiger partial charge in [-0.1, -0.05) is 0 Å². The highest BCUT2D eigenvalue weighted by molar-refractivity contribution is 5.76. The summed E-state index contributed by atoms with van der Waals surface area (Å²) in [4.78, 5) is 10.5. The van der Waals surface area contributed by atoms with Crippen molar-refractivity contribution in [3.05, 3.63) is 0 Å². The van der Waals surface area contributed by atoms with Gasteiger partial charge in [-0.2, -0.15) is 0 Å². The van der Waals surface area contributed by atoms with Gasteiger partial charge >= 0.3 is 5.97 Å².